The Bertz CT molecular complexity index is 404. The zero-order valence-electron chi connectivity index (χ0n) is 8.50. The van der Waals surface area contributed by atoms with Gasteiger partial charge >= 0.3 is 5.97 Å². The van der Waals surface area contributed by atoms with Gasteiger partial charge in [0.15, 0.2) is 6.23 Å². The predicted molar refractivity (Wildman–Crippen MR) is 53.9 cm³/mol. The van der Waals surface area contributed by atoms with Gasteiger partial charge in [-0.2, -0.15) is 0 Å². The summed E-state index contributed by atoms with van der Waals surface area (Å²) in [6.45, 7) is 0. The van der Waals surface area contributed by atoms with Crippen LogP contribution < -0.4 is 0 Å². The molecule has 1 atom stereocenters. The number of rotatable bonds is 2. The molecule has 5 nitrogen and oxygen atoms in total. The van der Waals surface area contributed by atoms with Gasteiger partial charge in [-0.05, 0) is 12.1 Å². The Kier molecular flexibility index (Phi) is 2.87. The molecule has 1 N–H and O–H groups in total. The van der Waals surface area contributed by atoms with Crippen LogP contribution in [0.2, 0.25) is 0 Å². The third kappa shape index (κ3) is 2.04. The topological polar surface area (TPSA) is 66.8 Å². The molecule has 16 heavy (non-hydrogen) atoms. The van der Waals surface area contributed by atoms with E-state index in [4.69, 9.17) is 4.84 Å². The van der Waals surface area contributed by atoms with Crippen LogP contribution in [0.4, 0.5) is 0 Å². The van der Waals surface area contributed by atoms with Crippen LogP contribution in [0.15, 0.2) is 30.3 Å². The average molecular weight is 221 g/mol. The minimum absolute atomic E-state index is 0.198. The van der Waals surface area contributed by atoms with Crippen LogP contribution in [-0.2, 0) is 9.63 Å². The first-order chi connectivity index (χ1) is 7.68. The molecule has 1 aliphatic heterocycles. The van der Waals surface area contributed by atoms with Crippen molar-refractivity contribution in [2.45, 2.75) is 19.1 Å². The lowest BCUT2D eigenvalue weighted by molar-refractivity contribution is -0.191. The molecule has 1 aromatic rings. The number of aliphatic hydroxyl groups excluding tert-OH is 1. The second kappa shape index (κ2) is 4.32. The van der Waals surface area contributed by atoms with Gasteiger partial charge in [-0.1, -0.05) is 18.2 Å². The highest BCUT2D eigenvalue weighted by atomic mass is 16.7. The van der Waals surface area contributed by atoms with E-state index in [1.807, 2.05) is 0 Å². The average Bonchev–Trinajstić information content (AvgIpc) is 2.62. The maximum absolute atomic E-state index is 11.6. The van der Waals surface area contributed by atoms with Crippen molar-refractivity contribution in [1.29, 1.82) is 0 Å². The normalized spacial score (nSPS) is 19.9. The molecule has 84 valence electrons. The number of hydroxylamine groups is 2. The Labute approximate surface area is 92.2 Å². The van der Waals surface area contributed by atoms with E-state index in [-0.39, 0.29) is 12.3 Å². The number of hydrogen-bond donors (Lipinski definition) is 1. The summed E-state index contributed by atoms with van der Waals surface area (Å²) >= 11 is 0. The number of carbonyl (C=O) groups excluding carboxylic acids is 2. The summed E-state index contributed by atoms with van der Waals surface area (Å²) in [4.78, 5) is 27.6. The van der Waals surface area contributed by atoms with Gasteiger partial charge < -0.3 is 9.94 Å². The fourth-order valence-electron chi connectivity index (χ4n) is 1.47. The molecule has 2 rings (SSSR count). The van der Waals surface area contributed by atoms with Gasteiger partial charge in [0, 0.05) is 12.8 Å². The second-order valence-corrected chi connectivity index (χ2v) is 3.48. The Morgan fingerprint density at radius 1 is 1.38 bits per heavy atom. The van der Waals surface area contributed by atoms with E-state index in [0.29, 0.717) is 12.0 Å². The molecule has 0 aliphatic carbocycles. The molecule has 1 aliphatic rings. The quantitative estimate of drug-likeness (QED) is 0.798. The van der Waals surface area contributed by atoms with Gasteiger partial charge in [0.2, 0.25) is 0 Å². The van der Waals surface area contributed by atoms with E-state index in [0.717, 1.165) is 5.06 Å². The Balaban J connectivity index is 2.05. The molecule has 1 aromatic carbocycles. The highest BCUT2D eigenvalue weighted by Gasteiger charge is 2.33. The fraction of sp³-hybridized carbons (Fsp3) is 0.273. The second-order valence-electron chi connectivity index (χ2n) is 3.48. The van der Waals surface area contributed by atoms with Crippen molar-refractivity contribution in [1.82, 2.24) is 5.06 Å². The van der Waals surface area contributed by atoms with Crippen molar-refractivity contribution in [3.05, 3.63) is 35.9 Å². The molecule has 0 bridgehead atoms. The highest BCUT2D eigenvalue weighted by molar-refractivity contribution is 5.90. The third-order valence-electron chi connectivity index (χ3n) is 2.32. The van der Waals surface area contributed by atoms with Gasteiger partial charge in [-0.3, -0.25) is 4.79 Å². The van der Waals surface area contributed by atoms with Crippen LogP contribution in [0, 0.1) is 0 Å². The largest absolute Gasteiger partial charge is 0.370 e. The molecule has 0 radical (unpaired) electrons. The fourth-order valence-corrected chi connectivity index (χ4v) is 1.47. The van der Waals surface area contributed by atoms with E-state index in [9.17, 15) is 14.7 Å². The smallest absolute Gasteiger partial charge is 0.363 e. The third-order valence-corrected chi connectivity index (χ3v) is 2.32. The summed E-state index contributed by atoms with van der Waals surface area (Å²) in [6, 6.07) is 8.31. The van der Waals surface area contributed by atoms with Gasteiger partial charge in [0.05, 0.1) is 5.56 Å². The SMILES string of the molecule is O=C(ON1C(=O)CCC1O)c1ccccc1. The first-order valence-corrected chi connectivity index (χ1v) is 4.96. The molecule has 5 heteroatoms. The van der Waals surface area contributed by atoms with Crippen LogP contribution in [0.5, 0.6) is 0 Å². The van der Waals surface area contributed by atoms with Crippen molar-refractivity contribution in [3.63, 3.8) is 0 Å². The molecule has 1 saturated heterocycles. The lowest BCUT2D eigenvalue weighted by atomic mass is 10.2. The highest BCUT2D eigenvalue weighted by Crippen LogP contribution is 2.17. The van der Waals surface area contributed by atoms with Crippen molar-refractivity contribution in [2.24, 2.45) is 0 Å². The standard InChI is InChI=1S/C11H11NO4/c13-9-6-7-10(14)12(9)16-11(15)8-4-2-1-3-5-8/h1-5,9,13H,6-7H2. The molecular weight excluding hydrogens is 210 g/mol. The van der Waals surface area contributed by atoms with Crippen molar-refractivity contribution in [2.75, 3.05) is 0 Å². The lowest BCUT2D eigenvalue weighted by Gasteiger charge is -2.18. The van der Waals surface area contributed by atoms with Gasteiger partial charge in [0.1, 0.15) is 0 Å². The summed E-state index contributed by atoms with van der Waals surface area (Å²) < 4.78 is 0. The van der Waals surface area contributed by atoms with Crippen molar-refractivity contribution in [3.8, 4) is 0 Å². The minimum Gasteiger partial charge on any atom is -0.370 e. The van der Waals surface area contributed by atoms with Gasteiger partial charge in [0.25, 0.3) is 5.91 Å². The monoisotopic (exact) mass is 221 g/mol. The Morgan fingerprint density at radius 3 is 2.62 bits per heavy atom. The Morgan fingerprint density at radius 2 is 2.06 bits per heavy atom. The first kappa shape index (κ1) is 10.6. The molecule has 1 amide bonds. The summed E-state index contributed by atoms with van der Waals surface area (Å²) in [5.41, 5.74) is 0.342. The molecule has 1 fully saturated rings. The molecule has 0 spiro atoms. The summed E-state index contributed by atoms with van der Waals surface area (Å²) in [7, 11) is 0. The zero-order valence-corrected chi connectivity index (χ0v) is 8.50. The molecule has 0 aromatic heterocycles. The minimum atomic E-state index is -1.03. The van der Waals surface area contributed by atoms with Crippen LogP contribution in [0.25, 0.3) is 0 Å². The van der Waals surface area contributed by atoms with E-state index in [1.165, 1.54) is 0 Å². The Hall–Kier alpha value is -1.88. The number of carbonyl (C=O) groups is 2. The predicted octanol–water partition coefficient (Wildman–Crippen LogP) is 0.699. The first-order valence-electron chi connectivity index (χ1n) is 4.96. The van der Waals surface area contributed by atoms with Crippen molar-refractivity contribution < 1.29 is 19.5 Å². The van der Waals surface area contributed by atoms with Crippen LogP contribution in [0.3, 0.4) is 0 Å². The lowest BCUT2D eigenvalue weighted by Crippen LogP contribution is -2.35. The number of amides is 1. The molecular formula is C11H11NO4. The van der Waals surface area contributed by atoms with Crippen LogP contribution in [-0.4, -0.2) is 28.3 Å². The summed E-state index contributed by atoms with van der Waals surface area (Å²) in [5.74, 6) is -1.02. The maximum Gasteiger partial charge on any atom is 0.363 e. The van der Waals surface area contributed by atoms with Gasteiger partial charge in [-0.15, -0.1) is 5.06 Å². The van der Waals surface area contributed by atoms with E-state index in [1.54, 1.807) is 30.3 Å². The molecule has 0 saturated carbocycles. The van der Waals surface area contributed by atoms with Crippen LogP contribution >= 0.6 is 0 Å². The molecule has 1 heterocycles. The van der Waals surface area contributed by atoms with E-state index in [2.05, 4.69) is 0 Å². The summed E-state index contributed by atoms with van der Waals surface area (Å²) in [6.07, 6.45) is -0.537. The number of hydrogen-bond acceptors (Lipinski definition) is 4. The van der Waals surface area contributed by atoms with Gasteiger partial charge in [-0.25, -0.2) is 4.79 Å². The number of aliphatic hydroxyl groups is 1. The number of nitrogens with zero attached hydrogens (tertiary/aromatic N) is 1. The van der Waals surface area contributed by atoms with E-state index < -0.39 is 12.2 Å². The molecule has 1 unspecified atom stereocenters. The summed E-state index contributed by atoms with van der Waals surface area (Å²) in [5, 5.41) is 10.1. The zero-order chi connectivity index (χ0) is 11.5. The van der Waals surface area contributed by atoms with E-state index >= 15 is 0 Å². The maximum atomic E-state index is 11.6. The number of benzene rings is 1. The van der Waals surface area contributed by atoms with Crippen LogP contribution in [0.1, 0.15) is 23.2 Å². The van der Waals surface area contributed by atoms with Crippen molar-refractivity contribution >= 4 is 11.9 Å².